The molecule has 0 spiro atoms. The molecule has 2 aliphatic heterocycles. The van der Waals surface area contributed by atoms with Gasteiger partial charge in [-0.05, 0) is 84.8 Å². The normalized spacial score (nSPS) is 21.1. The molecule has 0 amide bonds. The van der Waals surface area contributed by atoms with Crippen LogP contribution in [0.4, 0.5) is 17.2 Å². The van der Waals surface area contributed by atoms with Crippen molar-refractivity contribution < 1.29 is 30.5 Å². The summed E-state index contributed by atoms with van der Waals surface area (Å²) in [7, 11) is 0. The van der Waals surface area contributed by atoms with Crippen molar-refractivity contribution in [2.24, 2.45) is 4.99 Å². The third kappa shape index (κ3) is 5.44. The second-order valence-corrected chi connectivity index (χ2v) is 16.1. The smallest absolute Gasteiger partial charge is 0.526 e. The van der Waals surface area contributed by atoms with Gasteiger partial charge >= 0.3 is 21.1 Å². The second kappa shape index (κ2) is 11.9. The molecule has 0 bridgehead atoms. The molecule has 5 aromatic rings. The second-order valence-electron chi connectivity index (χ2n) is 16.1. The van der Waals surface area contributed by atoms with Crippen LogP contribution in [-0.2, 0) is 48.6 Å². The fraction of sp³-hybridized carbons (Fsp3) is 0.341. The molecule has 4 heterocycles. The topological polar surface area (TPSA) is 59.8 Å². The van der Waals surface area contributed by atoms with E-state index in [1.54, 1.807) is 6.20 Å². The Morgan fingerprint density at radius 1 is 0.843 bits per heavy atom. The first-order chi connectivity index (χ1) is 23.6. The van der Waals surface area contributed by atoms with E-state index in [-0.39, 0.29) is 31.9 Å². The van der Waals surface area contributed by atoms with E-state index < -0.39 is 11.1 Å². The van der Waals surface area contributed by atoms with Gasteiger partial charge in [0.25, 0.3) is 0 Å². The van der Waals surface area contributed by atoms with E-state index in [0.29, 0.717) is 23.1 Å². The molecule has 0 saturated carbocycles. The van der Waals surface area contributed by atoms with E-state index in [2.05, 4.69) is 134 Å². The van der Waals surface area contributed by atoms with Gasteiger partial charge in [-0.3, -0.25) is 4.99 Å². The van der Waals surface area contributed by atoms with Gasteiger partial charge in [0.1, 0.15) is 22.9 Å². The Kier molecular flexibility index (Phi) is 8.19. The number of hydrogen-bond donors (Lipinski definition) is 0. The maximum atomic E-state index is 6.69. The average Bonchev–Trinajstić information content (AvgIpc) is 3.45. The third-order valence-corrected chi connectivity index (χ3v) is 11.4. The zero-order valence-corrected chi connectivity index (χ0v) is 33.3. The molecule has 0 fully saturated rings. The molecule has 0 saturated heterocycles. The summed E-state index contributed by atoms with van der Waals surface area (Å²) in [5, 5.41) is 0. The predicted octanol–water partition coefficient (Wildman–Crippen LogP) is 10.2. The van der Waals surface area contributed by atoms with Crippen molar-refractivity contribution in [1.29, 1.82) is 0 Å². The average molecular weight is 856 g/mol. The van der Waals surface area contributed by atoms with Crippen molar-refractivity contribution in [3.05, 3.63) is 135 Å². The summed E-state index contributed by atoms with van der Waals surface area (Å²) >= 11 is 0. The Balaban J connectivity index is 0.00000406. The fourth-order valence-electron chi connectivity index (χ4n) is 7.97. The molecular formula is C44H44N4O2Pt. The monoisotopic (exact) mass is 855 g/mol. The van der Waals surface area contributed by atoms with Gasteiger partial charge in [0, 0.05) is 35.0 Å². The fourth-order valence-corrected chi connectivity index (χ4v) is 7.97. The van der Waals surface area contributed by atoms with Crippen molar-refractivity contribution in [3.63, 3.8) is 0 Å². The number of pyridine rings is 2. The summed E-state index contributed by atoms with van der Waals surface area (Å²) < 4.78 is 13.1. The summed E-state index contributed by atoms with van der Waals surface area (Å²) in [6.45, 7) is 22.1. The summed E-state index contributed by atoms with van der Waals surface area (Å²) in [6, 6.07) is 28.3. The van der Waals surface area contributed by atoms with E-state index in [4.69, 9.17) is 19.5 Å². The number of hydrogen-bond acceptors (Lipinski definition) is 6. The van der Waals surface area contributed by atoms with Gasteiger partial charge in [-0.15, -0.1) is 35.9 Å². The van der Waals surface area contributed by atoms with Gasteiger partial charge in [-0.2, -0.15) is 5.56 Å². The first-order valence-corrected chi connectivity index (χ1v) is 17.5. The number of rotatable bonds is 4. The van der Waals surface area contributed by atoms with Gasteiger partial charge < -0.3 is 14.4 Å². The Morgan fingerprint density at radius 3 is 2.39 bits per heavy atom. The molecule has 2 atom stereocenters. The van der Waals surface area contributed by atoms with Crippen LogP contribution in [-0.4, -0.2) is 21.5 Å². The van der Waals surface area contributed by atoms with E-state index in [9.17, 15) is 0 Å². The Hall–Kier alpha value is -4.28. The largest absolute Gasteiger partial charge is 2.00 e. The predicted molar refractivity (Wildman–Crippen MR) is 199 cm³/mol. The number of nitrogens with zero attached hydrogens (tertiary/aromatic N) is 4. The first-order valence-electron chi connectivity index (χ1n) is 17.5. The maximum absolute atomic E-state index is 6.69. The molecule has 0 N–H and O–H groups in total. The number of ether oxygens (including phenoxy) is 2. The molecule has 51 heavy (non-hydrogen) atoms. The quantitative estimate of drug-likeness (QED) is 0.169. The molecule has 7 heteroatoms. The zero-order chi connectivity index (χ0) is 35.4. The minimum atomic E-state index is -0.495. The number of fused-ring (bicyclic) bond motifs is 5. The number of benzene rings is 3. The SMILES string of the molecule is Cc1cc(Oc2[c-]c(C3=N[C@]4(C)c5ccc(C)c(C)c5C[C@]4(C)O3)ccn2)[c-]c(N2c3ccc(C(C)(C)C)cc3C(C)(C)c3cccnc32)c1.[Pt+2]. The van der Waals surface area contributed by atoms with Crippen LogP contribution < -0.4 is 9.64 Å². The maximum Gasteiger partial charge on any atom is 2.00 e. The minimum Gasteiger partial charge on any atom is -0.526 e. The van der Waals surface area contributed by atoms with Gasteiger partial charge in [-0.1, -0.05) is 77.6 Å². The van der Waals surface area contributed by atoms with Crippen LogP contribution in [0.25, 0.3) is 0 Å². The molecular weight excluding hydrogens is 812 g/mol. The third-order valence-electron chi connectivity index (χ3n) is 11.4. The van der Waals surface area contributed by atoms with Crippen molar-refractivity contribution in [1.82, 2.24) is 9.97 Å². The molecule has 8 rings (SSSR count). The van der Waals surface area contributed by atoms with E-state index in [0.717, 1.165) is 34.7 Å². The van der Waals surface area contributed by atoms with Gasteiger partial charge in [0.2, 0.25) is 0 Å². The summed E-state index contributed by atoms with van der Waals surface area (Å²) in [4.78, 5) is 16.9. The molecule has 3 aliphatic rings. The van der Waals surface area contributed by atoms with Crippen molar-refractivity contribution in [2.45, 2.75) is 97.6 Å². The summed E-state index contributed by atoms with van der Waals surface area (Å²) in [5.74, 6) is 2.32. The molecule has 0 unspecified atom stereocenters. The summed E-state index contributed by atoms with van der Waals surface area (Å²) in [5.41, 5.74) is 11.4. The number of aromatic nitrogens is 2. The van der Waals surface area contributed by atoms with Crippen molar-refractivity contribution in [2.75, 3.05) is 4.90 Å². The van der Waals surface area contributed by atoms with Crippen LogP contribution in [0.15, 0.2) is 78.0 Å². The zero-order valence-electron chi connectivity index (χ0n) is 31.1. The van der Waals surface area contributed by atoms with Crippen LogP contribution >= 0.6 is 0 Å². The van der Waals surface area contributed by atoms with Crippen molar-refractivity contribution in [3.8, 4) is 11.6 Å². The molecule has 262 valence electrons. The molecule has 1 aliphatic carbocycles. The standard InChI is InChI=1S/C44H44N4O2.Pt/c1-26-20-31(48-37-16-14-30(41(4,5)6)23-36(37)42(7,8)35-12-11-18-46-39(35)48)24-32(21-26)49-38-22-29(17-19-45-38)40-47-44(10)34-15-13-27(2)28(3)33(34)25-43(44,9)50-40;/h11-21,23H,25H2,1-10H3;/q-2;+2/t43-,44+;/m0./s1. The van der Waals surface area contributed by atoms with E-state index in [1.807, 2.05) is 24.4 Å². The van der Waals surface area contributed by atoms with E-state index in [1.165, 1.54) is 33.4 Å². The van der Waals surface area contributed by atoms with E-state index >= 15 is 0 Å². The molecule has 6 nitrogen and oxygen atoms in total. The van der Waals surface area contributed by atoms with Gasteiger partial charge in [0.15, 0.2) is 5.88 Å². The van der Waals surface area contributed by atoms with Crippen LogP contribution in [0.5, 0.6) is 11.6 Å². The Bertz CT molecular complexity index is 2250. The van der Waals surface area contributed by atoms with Crippen LogP contribution in [0.1, 0.15) is 98.5 Å². The van der Waals surface area contributed by atoms with Crippen LogP contribution in [0.3, 0.4) is 0 Å². The number of aryl methyl sites for hydroxylation is 2. The molecule has 0 radical (unpaired) electrons. The molecule has 3 aromatic carbocycles. The number of aliphatic imine (C=N–C) groups is 1. The van der Waals surface area contributed by atoms with Crippen molar-refractivity contribution >= 4 is 23.1 Å². The van der Waals surface area contributed by atoms with Crippen LogP contribution in [0.2, 0.25) is 0 Å². The van der Waals surface area contributed by atoms with Gasteiger partial charge in [0.05, 0.1) is 0 Å². The summed E-state index contributed by atoms with van der Waals surface area (Å²) in [6.07, 6.45) is 4.39. The minimum absolute atomic E-state index is 0. The number of anilines is 3. The Labute approximate surface area is 316 Å². The Morgan fingerprint density at radius 2 is 1.63 bits per heavy atom. The van der Waals surface area contributed by atoms with Gasteiger partial charge in [-0.25, -0.2) is 9.97 Å². The molecule has 2 aromatic heterocycles. The first kappa shape index (κ1) is 35.1. The van der Waals surface area contributed by atoms with Crippen LogP contribution in [0, 0.1) is 32.9 Å².